The summed E-state index contributed by atoms with van der Waals surface area (Å²) in [5, 5.41) is 6.99. The molecule has 0 unspecified atom stereocenters. The zero-order chi connectivity index (χ0) is 27.5. The largest absolute Gasteiger partial charge is 0.434 e. The summed E-state index contributed by atoms with van der Waals surface area (Å²) in [6, 6.07) is 4.57. The van der Waals surface area contributed by atoms with Crippen LogP contribution in [0.3, 0.4) is 0 Å². The molecule has 0 bridgehead atoms. The molecule has 2 N–H and O–H groups in total. The summed E-state index contributed by atoms with van der Waals surface area (Å²) < 4.78 is 44.5. The molecule has 3 aliphatic heterocycles. The van der Waals surface area contributed by atoms with Crippen LogP contribution in [0, 0.1) is 0 Å². The van der Waals surface area contributed by atoms with Gasteiger partial charge in [-0.3, -0.25) is 9.69 Å². The van der Waals surface area contributed by atoms with Crippen LogP contribution in [-0.4, -0.2) is 67.0 Å². The van der Waals surface area contributed by atoms with E-state index in [9.17, 15) is 18.0 Å². The molecule has 0 radical (unpaired) electrons. The summed E-state index contributed by atoms with van der Waals surface area (Å²) in [5.74, 6) is -0.318. The molecular formula is C26H26ClF3N6O2S. The molecule has 13 heteroatoms. The number of thiazole rings is 1. The number of carbonyl (C=O) groups is 1. The SMILES string of the molecule is C=C/C(C(=O)Nc1sc(N2CCC(N3CC(F)C3)CC2)nc1-c1cc(Cl)ccc1OC(F)F)=C1/N=CC=CN1. The minimum absolute atomic E-state index is 0.120. The number of rotatable bonds is 8. The fraction of sp³-hybridized carbons (Fsp3) is 0.346. The Hall–Kier alpha value is -3.35. The van der Waals surface area contributed by atoms with Gasteiger partial charge < -0.3 is 20.3 Å². The van der Waals surface area contributed by atoms with E-state index in [4.69, 9.17) is 21.3 Å². The molecular weight excluding hydrogens is 553 g/mol. The minimum atomic E-state index is -3.06. The van der Waals surface area contributed by atoms with Crippen LogP contribution >= 0.6 is 22.9 Å². The van der Waals surface area contributed by atoms with Crippen LogP contribution in [0.2, 0.25) is 5.02 Å². The van der Waals surface area contributed by atoms with Gasteiger partial charge in [-0.2, -0.15) is 8.78 Å². The van der Waals surface area contributed by atoms with Crippen molar-refractivity contribution < 1.29 is 22.7 Å². The van der Waals surface area contributed by atoms with Crippen LogP contribution in [-0.2, 0) is 4.79 Å². The lowest BCUT2D eigenvalue weighted by atomic mass is 9.99. The first-order valence-electron chi connectivity index (χ1n) is 12.3. The number of nitrogens with one attached hydrogen (secondary N) is 2. The number of ether oxygens (including phenoxy) is 1. The Morgan fingerprint density at radius 2 is 2.08 bits per heavy atom. The molecule has 39 heavy (non-hydrogen) atoms. The summed E-state index contributed by atoms with van der Waals surface area (Å²) in [4.78, 5) is 26.5. The van der Waals surface area contributed by atoms with E-state index in [1.54, 1.807) is 12.3 Å². The Morgan fingerprint density at radius 1 is 1.31 bits per heavy atom. The van der Waals surface area contributed by atoms with Crippen molar-refractivity contribution in [3.8, 4) is 17.0 Å². The zero-order valence-electron chi connectivity index (χ0n) is 20.7. The highest BCUT2D eigenvalue weighted by molar-refractivity contribution is 7.20. The monoisotopic (exact) mass is 578 g/mol. The molecule has 1 amide bonds. The first-order valence-corrected chi connectivity index (χ1v) is 13.5. The number of halogens is 4. The highest BCUT2D eigenvalue weighted by Crippen LogP contribution is 2.43. The zero-order valence-corrected chi connectivity index (χ0v) is 22.3. The first-order chi connectivity index (χ1) is 18.8. The number of nitrogens with zero attached hydrogens (tertiary/aromatic N) is 4. The number of aromatic nitrogens is 1. The molecule has 206 valence electrons. The van der Waals surface area contributed by atoms with Gasteiger partial charge in [-0.25, -0.2) is 14.4 Å². The van der Waals surface area contributed by atoms with Crippen LogP contribution in [0.1, 0.15) is 12.8 Å². The van der Waals surface area contributed by atoms with Crippen molar-refractivity contribution in [1.82, 2.24) is 15.2 Å². The number of carbonyl (C=O) groups excluding carboxylic acids is 1. The van der Waals surface area contributed by atoms with Crippen LogP contribution < -0.4 is 20.3 Å². The van der Waals surface area contributed by atoms with Crippen LogP contribution in [0.5, 0.6) is 5.75 Å². The Labute approximate surface area is 232 Å². The van der Waals surface area contributed by atoms with Crippen LogP contribution in [0.15, 0.2) is 59.5 Å². The van der Waals surface area contributed by atoms with Gasteiger partial charge in [0.2, 0.25) is 0 Å². The van der Waals surface area contributed by atoms with Crippen molar-refractivity contribution in [2.45, 2.75) is 31.7 Å². The van der Waals surface area contributed by atoms with Crippen LogP contribution in [0.4, 0.5) is 23.3 Å². The highest BCUT2D eigenvalue weighted by Gasteiger charge is 2.35. The smallest absolute Gasteiger partial charge is 0.387 e. The van der Waals surface area contributed by atoms with Crippen molar-refractivity contribution in [3.05, 3.63) is 59.5 Å². The average Bonchev–Trinajstić information content (AvgIpc) is 3.32. The van der Waals surface area contributed by atoms with Gasteiger partial charge in [0.25, 0.3) is 5.91 Å². The maximum Gasteiger partial charge on any atom is 0.387 e. The summed E-state index contributed by atoms with van der Waals surface area (Å²) in [6.07, 6.45) is 7.15. The molecule has 0 saturated carbocycles. The van der Waals surface area contributed by atoms with Crippen molar-refractivity contribution in [1.29, 1.82) is 0 Å². The fourth-order valence-electron chi connectivity index (χ4n) is 4.71. The third-order valence-corrected chi connectivity index (χ3v) is 7.95. The highest BCUT2D eigenvalue weighted by atomic mass is 35.5. The van der Waals surface area contributed by atoms with E-state index in [1.807, 2.05) is 0 Å². The van der Waals surface area contributed by atoms with Gasteiger partial charge >= 0.3 is 6.61 Å². The number of benzene rings is 1. The van der Waals surface area contributed by atoms with E-state index >= 15 is 0 Å². The fourth-order valence-corrected chi connectivity index (χ4v) is 5.91. The number of amides is 1. The van der Waals surface area contributed by atoms with Crippen molar-refractivity contribution >= 4 is 45.2 Å². The van der Waals surface area contributed by atoms with Crippen LogP contribution in [0.25, 0.3) is 11.3 Å². The van der Waals surface area contributed by atoms with E-state index in [1.165, 1.54) is 41.8 Å². The van der Waals surface area contributed by atoms with Crippen molar-refractivity contribution in [3.63, 3.8) is 0 Å². The number of hydrogen-bond acceptors (Lipinski definition) is 8. The topological polar surface area (TPSA) is 82.1 Å². The molecule has 2 fully saturated rings. The second-order valence-electron chi connectivity index (χ2n) is 9.16. The summed E-state index contributed by atoms with van der Waals surface area (Å²) >= 11 is 7.44. The third-order valence-electron chi connectivity index (χ3n) is 6.68. The molecule has 4 heterocycles. The standard InChI is InChI=1S/C26H26ClF3N6O2S/c1-2-18(22-31-8-3-9-32-22)23(37)34-24-21(19-12-15(27)4-5-20(19)38-25(29)30)33-26(39-24)35-10-6-17(7-11-35)36-13-16(28)14-36/h2-5,8-9,12,16-17,25,31H,1,6-7,10-11,13-14H2,(H,34,37)/b22-18-. The number of allylic oxidation sites excluding steroid dienone is 1. The molecule has 8 nitrogen and oxygen atoms in total. The molecule has 0 spiro atoms. The van der Waals surface area contributed by atoms with Gasteiger partial charge in [-0.15, -0.1) is 0 Å². The van der Waals surface area contributed by atoms with Crippen molar-refractivity contribution in [2.24, 2.45) is 4.99 Å². The van der Waals surface area contributed by atoms with Gasteiger partial charge in [-0.1, -0.05) is 35.6 Å². The Kier molecular flexibility index (Phi) is 8.24. The maximum atomic E-state index is 13.3. The molecule has 5 rings (SSSR count). The normalized spacial score (nSPS) is 19.6. The molecule has 0 aliphatic carbocycles. The number of hydrogen-bond donors (Lipinski definition) is 2. The number of aliphatic imine (C=N–C) groups is 1. The Balaban J connectivity index is 1.46. The van der Waals surface area contributed by atoms with Gasteiger partial charge in [0, 0.05) is 55.2 Å². The number of piperidine rings is 1. The quantitative estimate of drug-likeness (QED) is 0.419. The summed E-state index contributed by atoms with van der Waals surface area (Å²) in [6.45, 7) is 2.97. The lowest BCUT2D eigenvalue weighted by molar-refractivity contribution is -0.112. The van der Waals surface area contributed by atoms with E-state index in [0.29, 0.717) is 53.2 Å². The van der Waals surface area contributed by atoms with E-state index in [2.05, 4.69) is 32.0 Å². The summed E-state index contributed by atoms with van der Waals surface area (Å²) in [5.41, 5.74) is 0.655. The third kappa shape index (κ3) is 6.13. The Bertz CT molecular complexity index is 1330. The van der Waals surface area contributed by atoms with E-state index in [-0.39, 0.29) is 22.6 Å². The molecule has 1 aromatic carbocycles. The maximum absolute atomic E-state index is 13.3. The first kappa shape index (κ1) is 27.2. The predicted molar refractivity (Wildman–Crippen MR) is 148 cm³/mol. The lowest BCUT2D eigenvalue weighted by Gasteiger charge is -2.44. The minimum Gasteiger partial charge on any atom is -0.434 e. The lowest BCUT2D eigenvalue weighted by Crippen LogP contribution is -2.56. The molecule has 3 aliphatic rings. The second-order valence-corrected chi connectivity index (χ2v) is 10.6. The molecule has 2 aromatic rings. The second kappa shape index (κ2) is 11.8. The predicted octanol–water partition coefficient (Wildman–Crippen LogP) is 5.21. The van der Waals surface area contributed by atoms with Crippen molar-refractivity contribution in [2.75, 3.05) is 36.4 Å². The van der Waals surface area contributed by atoms with Gasteiger partial charge in [0.05, 0.1) is 5.57 Å². The Morgan fingerprint density at radius 3 is 2.72 bits per heavy atom. The van der Waals surface area contributed by atoms with E-state index in [0.717, 1.165) is 12.8 Å². The summed E-state index contributed by atoms with van der Waals surface area (Å²) in [7, 11) is 0. The number of likely N-dealkylation sites (tertiary alicyclic amines) is 1. The van der Waals surface area contributed by atoms with E-state index < -0.39 is 18.7 Å². The van der Waals surface area contributed by atoms with Gasteiger partial charge in [0.1, 0.15) is 28.4 Å². The number of alkyl halides is 3. The molecule has 2 saturated heterocycles. The average molecular weight is 579 g/mol. The van der Waals surface area contributed by atoms with Gasteiger partial charge in [0.15, 0.2) is 5.13 Å². The molecule has 1 aromatic heterocycles. The number of anilines is 2. The van der Waals surface area contributed by atoms with Gasteiger partial charge in [-0.05, 0) is 37.1 Å². The molecule has 0 atom stereocenters.